The number of benzene rings is 2. The van der Waals surface area contributed by atoms with E-state index in [1.165, 1.54) is 34.7 Å². The number of sulfonamides is 1. The van der Waals surface area contributed by atoms with Gasteiger partial charge >= 0.3 is 0 Å². The van der Waals surface area contributed by atoms with E-state index in [0.717, 1.165) is 19.6 Å². The van der Waals surface area contributed by atoms with Crippen molar-refractivity contribution in [2.75, 3.05) is 38.0 Å². The number of anilines is 1. The van der Waals surface area contributed by atoms with Crippen LogP contribution in [0.5, 0.6) is 0 Å². The van der Waals surface area contributed by atoms with Gasteiger partial charge in [0.05, 0.1) is 4.90 Å². The highest BCUT2D eigenvalue weighted by atomic mass is 32.2. The van der Waals surface area contributed by atoms with Crippen molar-refractivity contribution in [3.63, 3.8) is 0 Å². The third kappa shape index (κ3) is 5.29. The molecule has 0 atom stereocenters. The van der Waals surface area contributed by atoms with E-state index in [9.17, 15) is 17.6 Å². The number of rotatable bonds is 6. The Balaban J connectivity index is 1.62. The molecule has 6 nitrogen and oxygen atoms in total. The molecule has 29 heavy (non-hydrogen) atoms. The van der Waals surface area contributed by atoms with E-state index in [2.05, 4.69) is 17.1 Å². The van der Waals surface area contributed by atoms with Gasteiger partial charge in [-0.1, -0.05) is 25.1 Å². The number of hydrogen-bond donors (Lipinski definition) is 1. The van der Waals surface area contributed by atoms with Gasteiger partial charge in [0.25, 0.3) is 0 Å². The molecular weight excluding hydrogens is 393 g/mol. The molecule has 0 spiro atoms. The van der Waals surface area contributed by atoms with Gasteiger partial charge < -0.3 is 10.2 Å². The van der Waals surface area contributed by atoms with Crippen LogP contribution in [0.4, 0.5) is 10.1 Å². The van der Waals surface area contributed by atoms with E-state index < -0.39 is 21.7 Å². The van der Waals surface area contributed by atoms with Crippen LogP contribution in [0.1, 0.15) is 12.5 Å². The lowest BCUT2D eigenvalue weighted by Gasteiger charge is -2.33. The third-order valence-electron chi connectivity index (χ3n) is 4.86. The first kappa shape index (κ1) is 21.2. The first-order chi connectivity index (χ1) is 13.9. The molecule has 1 amide bonds. The van der Waals surface area contributed by atoms with Crippen molar-refractivity contribution in [1.82, 2.24) is 9.21 Å². The minimum Gasteiger partial charge on any atom is -0.323 e. The van der Waals surface area contributed by atoms with E-state index in [1.54, 1.807) is 30.3 Å². The monoisotopic (exact) mass is 417 g/mol. The van der Waals surface area contributed by atoms with Crippen LogP contribution >= 0.6 is 0 Å². The predicted molar refractivity (Wildman–Crippen MR) is 111 cm³/mol. The minimum atomic E-state index is -3.55. The Bertz CT molecular complexity index is 982. The zero-order chi connectivity index (χ0) is 20.9. The first-order valence-electron chi connectivity index (χ1n) is 9.46. The molecule has 1 heterocycles. The van der Waals surface area contributed by atoms with Gasteiger partial charge in [-0.3, -0.25) is 4.79 Å². The van der Waals surface area contributed by atoms with Crippen LogP contribution in [0.25, 0.3) is 6.08 Å². The molecule has 1 aliphatic heterocycles. The topological polar surface area (TPSA) is 69.7 Å². The lowest BCUT2D eigenvalue weighted by Crippen LogP contribution is -2.48. The van der Waals surface area contributed by atoms with Gasteiger partial charge in [0, 0.05) is 43.5 Å². The average molecular weight is 418 g/mol. The fourth-order valence-corrected chi connectivity index (χ4v) is 4.53. The van der Waals surface area contributed by atoms with Gasteiger partial charge in [-0.15, -0.1) is 0 Å². The van der Waals surface area contributed by atoms with E-state index >= 15 is 0 Å². The van der Waals surface area contributed by atoms with E-state index in [0.29, 0.717) is 24.3 Å². The zero-order valence-corrected chi connectivity index (χ0v) is 17.0. The van der Waals surface area contributed by atoms with Crippen molar-refractivity contribution in [2.24, 2.45) is 0 Å². The summed E-state index contributed by atoms with van der Waals surface area (Å²) in [6, 6.07) is 12.2. The minimum absolute atomic E-state index is 0.197. The number of carbonyl (C=O) groups is 1. The van der Waals surface area contributed by atoms with Crippen molar-refractivity contribution in [3.05, 3.63) is 66.0 Å². The second-order valence-corrected chi connectivity index (χ2v) is 8.64. The van der Waals surface area contributed by atoms with Crippen molar-refractivity contribution in [3.8, 4) is 0 Å². The lowest BCUT2D eigenvalue weighted by atomic mass is 10.2. The summed E-state index contributed by atoms with van der Waals surface area (Å²) in [5.74, 6) is -0.842. The summed E-state index contributed by atoms with van der Waals surface area (Å²) < 4.78 is 40.6. The van der Waals surface area contributed by atoms with Gasteiger partial charge in [0.15, 0.2) is 0 Å². The Morgan fingerprint density at radius 3 is 2.34 bits per heavy atom. The maximum absolute atomic E-state index is 13.6. The Kier molecular flexibility index (Phi) is 6.79. The van der Waals surface area contributed by atoms with Crippen molar-refractivity contribution >= 4 is 27.7 Å². The maximum Gasteiger partial charge on any atom is 0.248 e. The van der Waals surface area contributed by atoms with Gasteiger partial charge in [0.2, 0.25) is 15.9 Å². The van der Waals surface area contributed by atoms with Gasteiger partial charge in [-0.25, -0.2) is 12.8 Å². The highest BCUT2D eigenvalue weighted by molar-refractivity contribution is 7.89. The molecule has 8 heteroatoms. The summed E-state index contributed by atoms with van der Waals surface area (Å²) in [7, 11) is -3.55. The van der Waals surface area contributed by atoms with E-state index in [-0.39, 0.29) is 4.90 Å². The number of hydrogen-bond acceptors (Lipinski definition) is 4. The van der Waals surface area contributed by atoms with E-state index in [1.807, 2.05) is 0 Å². The van der Waals surface area contributed by atoms with Crippen LogP contribution in [-0.4, -0.2) is 56.3 Å². The molecular formula is C21H24FN3O3S. The van der Waals surface area contributed by atoms with Crippen molar-refractivity contribution in [2.45, 2.75) is 11.8 Å². The van der Waals surface area contributed by atoms with E-state index in [4.69, 9.17) is 0 Å². The van der Waals surface area contributed by atoms with Crippen LogP contribution in [0.3, 0.4) is 0 Å². The number of likely N-dealkylation sites (N-methyl/N-ethyl adjacent to an activating group) is 1. The van der Waals surface area contributed by atoms with Gasteiger partial charge in [-0.2, -0.15) is 4.31 Å². The highest BCUT2D eigenvalue weighted by Gasteiger charge is 2.27. The first-order valence-corrected chi connectivity index (χ1v) is 10.9. The van der Waals surface area contributed by atoms with Crippen LogP contribution < -0.4 is 5.32 Å². The lowest BCUT2D eigenvalue weighted by molar-refractivity contribution is -0.111. The second-order valence-electron chi connectivity index (χ2n) is 6.71. The zero-order valence-electron chi connectivity index (χ0n) is 16.2. The van der Waals surface area contributed by atoms with Gasteiger partial charge in [0.1, 0.15) is 5.82 Å². The largest absolute Gasteiger partial charge is 0.323 e. The third-order valence-corrected chi connectivity index (χ3v) is 6.77. The molecule has 1 aliphatic rings. The summed E-state index contributed by atoms with van der Waals surface area (Å²) in [6.45, 7) is 5.35. The summed E-state index contributed by atoms with van der Waals surface area (Å²) >= 11 is 0. The molecule has 2 aromatic carbocycles. The van der Waals surface area contributed by atoms with Crippen LogP contribution in [-0.2, 0) is 14.8 Å². The molecule has 0 aliphatic carbocycles. The molecule has 1 fully saturated rings. The Morgan fingerprint density at radius 1 is 1.07 bits per heavy atom. The van der Waals surface area contributed by atoms with Crippen molar-refractivity contribution in [1.29, 1.82) is 0 Å². The summed E-state index contributed by atoms with van der Waals surface area (Å²) in [5.41, 5.74) is 0.773. The Morgan fingerprint density at radius 2 is 1.72 bits per heavy atom. The molecule has 1 N–H and O–H groups in total. The fourth-order valence-electron chi connectivity index (χ4n) is 3.11. The number of carbonyl (C=O) groups excluding carboxylic acids is 1. The summed E-state index contributed by atoms with van der Waals surface area (Å²) in [5, 5.41) is 2.64. The maximum atomic E-state index is 13.6. The molecule has 0 radical (unpaired) electrons. The van der Waals surface area contributed by atoms with Crippen LogP contribution in [0.2, 0.25) is 0 Å². The number of halogens is 1. The summed E-state index contributed by atoms with van der Waals surface area (Å²) in [6.07, 6.45) is 2.62. The molecule has 154 valence electrons. The second kappa shape index (κ2) is 9.30. The normalized spacial score (nSPS) is 16.2. The number of amides is 1. The molecule has 0 bridgehead atoms. The predicted octanol–water partition coefficient (Wildman–Crippen LogP) is 2.80. The molecule has 0 aromatic heterocycles. The summed E-state index contributed by atoms with van der Waals surface area (Å²) in [4.78, 5) is 14.4. The molecule has 0 saturated carbocycles. The fraction of sp³-hybridized carbons (Fsp3) is 0.286. The molecule has 3 rings (SSSR count). The average Bonchev–Trinajstić information content (AvgIpc) is 2.73. The standard InChI is InChI=1S/C21H24FN3O3S/c1-2-24-13-15-25(16-14-24)29(27,28)19-10-8-18(9-11-19)23-21(26)12-7-17-5-3-4-6-20(17)22/h3-12H,2,13-16H2,1H3,(H,23,26)/b12-7+. The Hall–Kier alpha value is -2.55. The number of nitrogens with one attached hydrogen (secondary N) is 1. The smallest absolute Gasteiger partial charge is 0.248 e. The quantitative estimate of drug-likeness (QED) is 0.734. The highest BCUT2D eigenvalue weighted by Crippen LogP contribution is 2.20. The number of piperazine rings is 1. The molecule has 1 saturated heterocycles. The van der Waals surface area contributed by atoms with Crippen LogP contribution in [0.15, 0.2) is 59.5 Å². The number of nitrogens with zero attached hydrogens (tertiary/aromatic N) is 2. The van der Waals surface area contributed by atoms with Crippen LogP contribution in [0, 0.1) is 5.82 Å². The van der Waals surface area contributed by atoms with Gasteiger partial charge in [-0.05, 0) is 43.0 Å². The Labute approximate surface area is 170 Å². The molecule has 0 unspecified atom stereocenters. The van der Waals surface area contributed by atoms with Crippen molar-refractivity contribution < 1.29 is 17.6 Å². The molecule has 2 aromatic rings. The SMILES string of the molecule is CCN1CCN(S(=O)(=O)c2ccc(NC(=O)/C=C/c3ccccc3F)cc2)CC1.